The Morgan fingerprint density at radius 2 is 1.78 bits per heavy atom. The van der Waals surface area contributed by atoms with Crippen LogP contribution in [0, 0.1) is 0 Å². The minimum absolute atomic E-state index is 0.133. The second kappa shape index (κ2) is 6.41. The second-order valence-electron chi connectivity index (χ2n) is 5.03. The van der Waals surface area contributed by atoms with Crippen molar-refractivity contribution in [2.45, 2.75) is 6.10 Å². The number of hydrogen-bond acceptors (Lipinski definition) is 4. The monoisotopic (exact) mass is 308 g/mol. The molecule has 116 valence electrons. The van der Waals surface area contributed by atoms with E-state index in [0.29, 0.717) is 5.56 Å². The van der Waals surface area contributed by atoms with Gasteiger partial charge in [0.2, 0.25) is 5.91 Å². The molecule has 1 amide bonds. The molecule has 0 radical (unpaired) electrons. The quantitative estimate of drug-likeness (QED) is 0.704. The Hall–Kier alpha value is -2.99. The third-order valence-electron chi connectivity index (χ3n) is 3.45. The highest BCUT2D eigenvalue weighted by Crippen LogP contribution is 2.16. The molecule has 0 bridgehead atoms. The Morgan fingerprint density at radius 3 is 2.35 bits per heavy atom. The molecular weight excluding hydrogens is 292 g/mol. The lowest BCUT2D eigenvalue weighted by molar-refractivity contribution is -0.116. The molecule has 3 rings (SSSR count). The van der Waals surface area contributed by atoms with Gasteiger partial charge >= 0.3 is 0 Å². The molecule has 1 atom stereocenters. The Kier molecular flexibility index (Phi) is 4.16. The van der Waals surface area contributed by atoms with Gasteiger partial charge in [0.15, 0.2) is 0 Å². The fraction of sp³-hybridized carbons (Fsp3) is 0.118. The lowest BCUT2D eigenvalue weighted by Crippen LogP contribution is -2.26. The number of aliphatic hydroxyl groups is 1. The first-order valence-electron chi connectivity index (χ1n) is 7.18. The van der Waals surface area contributed by atoms with Gasteiger partial charge in [-0.3, -0.25) is 4.79 Å². The number of benzene rings is 2. The van der Waals surface area contributed by atoms with Gasteiger partial charge in [0.25, 0.3) is 0 Å². The van der Waals surface area contributed by atoms with Crippen molar-refractivity contribution >= 4 is 16.9 Å². The molecule has 1 heterocycles. The summed E-state index contributed by atoms with van der Waals surface area (Å²) in [5.74, 6) is -0.312. The molecule has 1 unspecified atom stereocenters. The lowest BCUT2D eigenvalue weighted by Gasteiger charge is -2.11. The fourth-order valence-corrected chi connectivity index (χ4v) is 2.19. The lowest BCUT2D eigenvalue weighted by atomic mass is 10.1. The molecule has 0 spiro atoms. The first-order chi connectivity index (χ1) is 11.2. The van der Waals surface area contributed by atoms with Crippen molar-refractivity contribution in [2.75, 3.05) is 6.54 Å². The van der Waals surface area contributed by atoms with Crippen LogP contribution in [0.15, 0.2) is 61.2 Å². The largest absolute Gasteiger partial charge is 0.387 e. The highest BCUT2D eigenvalue weighted by atomic mass is 16.3. The van der Waals surface area contributed by atoms with Crippen LogP contribution in [0.25, 0.3) is 16.7 Å². The SMILES string of the molecule is C=CC(=O)NCC(O)c1ccc(-n2nc3ccccc3n2)cc1. The minimum atomic E-state index is -0.780. The van der Waals surface area contributed by atoms with Crippen molar-refractivity contribution in [2.24, 2.45) is 0 Å². The van der Waals surface area contributed by atoms with Gasteiger partial charge in [0, 0.05) is 6.54 Å². The second-order valence-corrected chi connectivity index (χ2v) is 5.03. The molecule has 23 heavy (non-hydrogen) atoms. The summed E-state index contributed by atoms with van der Waals surface area (Å²) in [7, 11) is 0. The highest BCUT2D eigenvalue weighted by molar-refractivity contribution is 5.86. The Labute approximate surface area is 133 Å². The molecule has 2 N–H and O–H groups in total. The third kappa shape index (κ3) is 3.27. The van der Waals surface area contributed by atoms with E-state index in [1.54, 1.807) is 16.9 Å². The van der Waals surface area contributed by atoms with E-state index < -0.39 is 6.10 Å². The number of rotatable bonds is 5. The number of nitrogens with one attached hydrogen (secondary N) is 1. The Bertz CT molecular complexity index is 806. The van der Waals surface area contributed by atoms with Gasteiger partial charge < -0.3 is 10.4 Å². The van der Waals surface area contributed by atoms with Gasteiger partial charge in [-0.05, 0) is 35.9 Å². The van der Waals surface area contributed by atoms with Crippen molar-refractivity contribution in [3.63, 3.8) is 0 Å². The summed E-state index contributed by atoms with van der Waals surface area (Å²) in [6.07, 6.45) is 0.391. The van der Waals surface area contributed by atoms with Crippen LogP contribution < -0.4 is 5.32 Å². The molecule has 0 saturated heterocycles. The van der Waals surface area contributed by atoms with Crippen LogP contribution in [0.4, 0.5) is 0 Å². The van der Waals surface area contributed by atoms with Crippen LogP contribution in [0.1, 0.15) is 11.7 Å². The number of hydrogen-bond donors (Lipinski definition) is 2. The summed E-state index contributed by atoms with van der Waals surface area (Å²) in [6, 6.07) is 14.9. The van der Waals surface area contributed by atoms with Crippen LogP contribution in [0.5, 0.6) is 0 Å². The van der Waals surface area contributed by atoms with E-state index in [1.807, 2.05) is 36.4 Å². The molecule has 0 aliphatic carbocycles. The molecular formula is C17H16N4O2. The summed E-state index contributed by atoms with van der Waals surface area (Å²) in [4.78, 5) is 12.7. The van der Waals surface area contributed by atoms with Gasteiger partial charge in [-0.2, -0.15) is 4.80 Å². The molecule has 0 saturated carbocycles. The molecule has 0 aliphatic heterocycles. The average Bonchev–Trinajstić information content (AvgIpc) is 3.03. The zero-order valence-corrected chi connectivity index (χ0v) is 12.4. The van der Waals surface area contributed by atoms with Crippen LogP contribution in [-0.4, -0.2) is 32.6 Å². The topological polar surface area (TPSA) is 80.0 Å². The third-order valence-corrected chi connectivity index (χ3v) is 3.45. The van der Waals surface area contributed by atoms with Crippen LogP contribution in [0.3, 0.4) is 0 Å². The summed E-state index contributed by atoms with van der Waals surface area (Å²) in [6.45, 7) is 3.50. The number of carbonyl (C=O) groups excluding carboxylic acids is 1. The van der Waals surface area contributed by atoms with Crippen molar-refractivity contribution in [3.05, 3.63) is 66.7 Å². The zero-order valence-electron chi connectivity index (χ0n) is 12.4. The number of aromatic nitrogens is 3. The zero-order chi connectivity index (χ0) is 16.2. The van der Waals surface area contributed by atoms with E-state index in [1.165, 1.54) is 6.08 Å². The van der Waals surface area contributed by atoms with E-state index in [0.717, 1.165) is 16.7 Å². The van der Waals surface area contributed by atoms with Crippen molar-refractivity contribution in [3.8, 4) is 5.69 Å². The standard InChI is InChI=1S/C17H16N4O2/c1-2-17(23)18-11-16(22)12-7-9-13(10-8-12)21-19-14-5-3-4-6-15(14)20-21/h2-10,16,22H,1,11H2,(H,18,23). The van der Waals surface area contributed by atoms with Crippen molar-refractivity contribution < 1.29 is 9.90 Å². The Morgan fingerprint density at radius 1 is 1.17 bits per heavy atom. The van der Waals surface area contributed by atoms with E-state index in [-0.39, 0.29) is 12.5 Å². The summed E-state index contributed by atoms with van der Waals surface area (Å²) in [5.41, 5.74) is 3.15. The highest BCUT2D eigenvalue weighted by Gasteiger charge is 2.09. The molecule has 2 aromatic carbocycles. The molecule has 0 fully saturated rings. The Balaban J connectivity index is 1.76. The number of carbonyl (C=O) groups is 1. The van der Waals surface area contributed by atoms with Crippen LogP contribution in [0.2, 0.25) is 0 Å². The number of fused-ring (bicyclic) bond motifs is 1. The maximum absolute atomic E-state index is 11.1. The summed E-state index contributed by atoms with van der Waals surface area (Å²) < 4.78 is 0. The average molecular weight is 308 g/mol. The van der Waals surface area contributed by atoms with E-state index in [4.69, 9.17) is 0 Å². The fourth-order valence-electron chi connectivity index (χ4n) is 2.19. The van der Waals surface area contributed by atoms with Gasteiger partial charge in [-0.15, -0.1) is 10.2 Å². The molecule has 3 aromatic rings. The van der Waals surface area contributed by atoms with Gasteiger partial charge in [0.1, 0.15) is 11.0 Å². The van der Waals surface area contributed by atoms with Crippen molar-refractivity contribution in [1.29, 1.82) is 0 Å². The predicted octanol–water partition coefficient (Wildman–Crippen LogP) is 1.76. The molecule has 1 aromatic heterocycles. The molecule has 0 aliphatic rings. The first-order valence-corrected chi connectivity index (χ1v) is 7.18. The van der Waals surface area contributed by atoms with Crippen LogP contribution >= 0.6 is 0 Å². The molecule has 6 nitrogen and oxygen atoms in total. The number of aliphatic hydroxyl groups excluding tert-OH is 1. The minimum Gasteiger partial charge on any atom is -0.387 e. The summed E-state index contributed by atoms with van der Waals surface area (Å²) in [5, 5.41) is 21.4. The van der Waals surface area contributed by atoms with E-state index >= 15 is 0 Å². The predicted molar refractivity (Wildman–Crippen MR) is 87.0 cm³/mol. The summed E-state index contributed by atoms with van der Waals surface area (Å²) >= 11 is 0. The van der Waals surface area contributed by atoms with E-state index in [2.05, 4.69) is 22.1 Å². The van der Waals surface area contributed by atoms with Gasteiger partial charge in [0.05, 0.1) is 11.8 Å². The smallest absolute Gasteiger partial charge is 0.243 e. The molecule has 6 heteroatoms. The first kappa shape index (κ1) is 14.9. The van der Waals surface area contributed by atoms with Gasteiger partial charge in [-0.1, -0.05) is 30.8 Å². The van der Waals surface area contributed by atoms with E-state index in [9.17, 15) is 9.90 Å². The number of nitrogens with zero attached hydrogens (tertiary/aromatic N) is 3. The van der Waals surface area contributed by atoms with Crippen molar-refractivity contribution in [1.82, 2.24) is 20.3 Å². The van der Waals surface area contributed by atoms with Gasteiger partial charge in [-0.25, -0.2) is 0 Å². The maximum Gasteiger partial charge on any atom is 0.243 e. The number of amides is 1. The van der Waals surface area contributed by atoms with Crippen LogP contribution in [-0.2, 0) is 4.79 Å². The maximum atomic E-state index is 11.1. The normalized spacial score (nSPS) is 12.0.